The molecular formula is C18H27N5O. The maximum absolute atomic E-state index is 12.6. The molecule has 1 aliphatic heterocycles. The Kier molecular flexibility index (Phi) is 4.85. The van der Waals surface area contributed by atoms with E-state index in [2.05, 4.69) is 27.2 Å². The molecule has 24 heavy (non-hydrogen) atoms. The number of nitrogens with one attached hydrogen (secondary N) is 1. The molecule has 6 nitrogen and oxygen atoms in total. The summed E-state index contributed by atoms with van der Waals surface area (Å²) in [6.07, 6.45) is 2.60. The van der Waals surface area contributed by atoms with Gasteiger partial charge in [0.2, 0.25) is 0 Å². The van der Waals surface area contributed by atoms with Gasteiger partial charge in [0.25, 0.3) is 5.91 Å². The summed E-state index contributed by atoms with van der Waals surface area (Å²) in [7, 11) is 1.88. The van der Waals surface area contributed by atoms with Gasteiger partial charge >= 0.3 is 0 Å². The molecule has 1 aliphatic rings. The second kappa shape index (κ2) is 6.89. The molecule has 3 rings (SSSR count). The highest BCUT2D eigenvalue weighted by Gasteiger charge is 2.18. The van der Waals surface area contributed by atoms with Gasteiger partial charge in [0, 0.05) is 25.5 Å². The average molecular weight is 329 g/mol. The zero-order valence-electron chi connectivity index (χ0n) is 15.1. The van der Waals surface area contributed by atoms with E-state index < -0.39 is 0 Å². The van der Waals surface area contributed by atoms with Crippen molar-refractivity contribution in [3.8, 4) is 0 Å². The SMILES string of the molecule is Cc1nc2c(cc1C(=O)NCC(C)CN1CCCC1)c(C)nn2C. The van der Waals surface area contributed by atoms with E-state index >= 15 is 0 Å². The fourth-order valence-corrected chi connectivity index (χ4v) is 3.49. The van der Waals surface area contributed by atoms with Crippen LogP contribution in [0.1, 0.15) is 41.5 Å². The number of hydrogen-bond donors (Lipinski definition) is 1. The molecule has 0 aromatic carbocycles. The molecule has 0 bridgehead atoms. The summed E-state index contributed by atoms with van der Waals surface area (Å²) in [6, 6.07) is 1.92. The standard InChI is InChI=1S/C18H27N5O/c1-12(11-23-7-5-6-8-23)10-19-18(24)16-9-15-14(3)21-22(4)17(15)20-13(16)2/h9,12H,5-8,10-11H2,1-4H3,(H,19,24). The number of hydrogen-bond acceptors (Lipinski definition) is 4. The minimum absolute atomic E-state index is 0.0431. The van der Waals surface area contributed by atoms with E-state index in [0.717, 1.165) is 29.0 Å². The molecule has 3 heterocycles. The van der Waals surface area contributed by atoms with E-state index in [0.29, 0.717) is 18.0 Å². The minimum Gasteiger partial charge on any atom is -0.352 e. The maximum atomic E-state index is 12.6. The third-order valence-corrected chi connectivity index (χ3v) is 4.81. The van der Waals surface area contributed by atoms with E-state index in [1.165, 1.54) is 25.9 Å². The first-order valence-electron chi connectivity index (χ1n) is 8.77. The summed E-state index contributed by atoms with van der Waals surface area (Å²) in [5.41, 5.74) is 3.11. The lowest BCUT2D eigenvalue weighted by Gasteiger charge is -2.20. The highest BCUT2D eigenvalue weighted by Crippen LogP contribution is 2.19. The van der Waals surface area contributed by atoms with Gasteiger partial charge in [-0.3, -0.25) is 9.48 Å². The topological polar surface area (TPSA) is 63.1 Å². The number of aromatic nitrogens is 3. The predicted molar refractivity (Wildman–Crippen MR) is 95.2 cm³/mol. The van der Waals surface area contributed by atoms with Crippen LogP contribution in [0.2, 0.25) is 0 Å². The Morgan fingerprint density at radius 1 is 1.29 bits per heavy atom. The zero-order chi connectivity index (χ0) is 17.3. The molecule has 2 aromatic rings. The molecule has 130 valence electrons. The normalized spacial score (nSPS) is 16.7. The Balaban J connectivity index is 1.67. The Morgan fingerprint density at radius 2 is 2.00 bits per heavy atom. The molecule has 0 spiro atoms. The molecule has 1 saturated heterocycles. The van der Waals surface area contributed by atoms with Gasteiger partial charge in [-0.05, 0) is 51.8 Å². The molecule has 1 unspecified atom stereocenters. The van der Waals surface area contributed by atoms with Crippen LogP contribution in [0.15, 0.2) is 6.07 Å². The van der Waals surface area contributed by atoms with Crippen molar-refractivity contribution < 1.29 is 4.79 Å². The van der Waals surface area contributed by atoms with E-state index in [1.54, 1.807) is 4.68 Å². The summed E-state index contributed by atoms with van der Waals surface area (Å²) in [5, 5.41) is 8.39. The van der Waals surface area contributed by atoms with Gasteiger partial charge in [-0.1, -0.05) is 6.92 Å². The summed E-state index contributed by atoms with van der Waals surface area (Å²) in [6.45, 7) is 10.1. The Hall–Kier alpha value is -1.95. The number of likely N-dealkylation sites (tertiary alicyclic amines) is 1. The van der Waals surface area contributed by atoms with Gasteiger partial charge in [0.15, 0.2) is 5.65 Å². The molecule has 0 aliphatic carbocycles. The number of aryl methyl sites for hydroxylation is 3. The Morgan fingerprint density at radius 3 is 2.71 bits per heavy atom. The second-order valence-electron chi connectivity index (χ2n) is 7.02. The molecule has 0 saturated carbocycles. The number of nitrogens with zero attached hydrogens (tertiary/aromatic N) is 4. The van der Waals surface area contributed by atoms with Gasteiger partial charge < -0.3 is 10.2 Å². The number of carbonyl (C=O) groups is 1. The van der Waals surface area contributed by atoms with Gasteiger partial charge in [-0.15, -0.1) is 0 Å². The van der Waals surface area contributed by atoms with Crippen molar-refractivity contribution in [2.24, 2.45) is 13.0 Å². The first-order valence-corrected chi connectivity index (χ1v) is 8.77. The monoisotopic (exact) mass is 329 g/mol. The summed E-state index contributed by atoms with van der Waals surface area (Å²) in [4.78, 5) is 19.6. The lowest BCUT2D eigenvalue weighted by Crippen LogP contribution is -2.34. The van der Waals surface area contributed by atoms with E-state index in [4.69, 9.17) is 0 Å². The number of carbonyl (C=O) groups excluding carboxylic acids is 1. The molecular weight excluding hydrogens is 302 g/mol. The Labute approximate surface area is 143 Å². The first-order chi connectivity index (χ1) is 11.5. The van der Waals surface area contributed by atoms with Crippen LogP contribution in [0, 0.1) is 19.8 Å². The molecule has 1 fully saturated rings. The number of rotatable bonds is 5. The highest BCUT2D eigenvalue weighted by molar-refractivity contribution is 5.98. The van der Waals surface area contributed by atoms with Crippen molar-refractivity contribution in [3.05, 3.63) is 23.0 Å². The van der Waals surface area contributed by atoms with Gasteiger partial charge in [-0.25, -0.2) is 4.98 Å². The van der Waals surface area contributed by atoms with Crippen LogP contribution >= 0.6 is 0 Å². The van der Waals surface area contributed by atoms with Crippen LogP contribution in [0.4, 0.5) is 0 Å². The molecule has 6 heteroatoms. The summed E-state index contributed by atoms with van der Waals surface area (Å²) >= 11 is 0. The fraction of sp³-hybridized carbons (Fsp3) is 0.611. The predicted octanol–water partition coefficient (Wildman–Crippen LogP) is 2.05. The Bertz CT molecular complexity index is 745. The minimum atomic E-state index is -0.0431. The van der Waals surface area contributed by atoms with Gasteiger partial charge in [0.05, 0.1) is 17.0 Å². The highest BCUT2D eigenvalue weighted by atomic mass is 16.1. The fourth-order valence-electron chi connectivity index (χ4n) is 3.49. The van der Waals surface area contributed by atoms with Crippen molar-refractivity contribution in [2.75, 3.05) is 26.2 Å². The third-order valence-electron chi connectivity index (χ3n) is 4.81. The maximum Gasteiger partial charge on any atom is 0.253 e. The quantitative estimate of drug-likeness (QED) is 0.912. The number of pyridine rings is 1. The van der Waals surface area contributed by atoms with Crippen LogP contribution in [0.25, 0.3) is 11.0 Å². The van der Waals surface area contributed by atoms with E-state index in [-0.39, 0.29) is 5.91 Å². The van der Waals surface area contributed by atoms with Crippen LogP contribution in [-0.2, 0) is 7.05 Å². The average Bonchev–Trinajstić information content (AvgIpc) is 3.13. The van der Waals surface area contributed by atoms with E-state index in [1.807, 2.05) is 27.0 Å². The van der Waals surface area contributed by atoms with Crippen LogP contribution in [0.5, 0.6) is 0 Å². The van der Waals surface area contributed by atoms with Crippen molar-refractivity contribution >= 4 is 16.9 Å². The van der Waals surface area contributed by atoms with E-state index in [9.17, 15) is 4.79 Å². The summed E-state index contributed by atoms with van der Waals surface area (Å²) in [5.74, 6) is 0.405. The van der Waals surface area contributed by atoms with Crippen molar-refractivity contribution in [1.82, 2.24) is 25.0 Å². The zero-order valence-corrected chi connectivity index (χ0v) is 15.1. The van der Waals surface area contributed by atoms with Crippen LogP contribution < -0.4 is 5.32 Å². The molecule has 0 radical (unpaired) electrons. The van der Waals surface area contributed by atoms with Crippen molar-refractivity contribution in [3.63, 3.8) is 0 Å². The van der Waals surface area contributed by atoms with Crippen molar-refractivity contribution in [1.29, 1.82) is 0 Å². The first kappa shape index (κ1) is 16.9. The van der Waals surface area contributed by atoms with Gasteiger partial charge in [-0.2, -0.15) is 5.10 Å². The second-order valence-corrected chi connectivity index (χ2v) is 7.02. The van der Waals surface area contributed by atoms with Crippen LogP contribution in [-0.4, -0.2) is 51.8 Å². The molecule has 1 amide bonds. The molecule has 1 N–H and O–H groups in total. The van der Waals surface area contributed by atoms with Crippen LogP contribution in [0.3, 0.4) is 0 Å². The smallest absolute Gasteiger partial charge is 0.253 e. The number of amides is 1. The van der Waals surface area contributed by atoms with Gasteiger partial charge in [0.1, 0.15) is 0 Å². The largest absolute Gasteiger partial charge is 0.352 e. The molecule has 2 aromatic heterocycles. The summed E-state index contributed by atoms with van der Waals surface area (Å²) < 4.78 is 1.76. The molecule has 1 atom stereocenters. The lowest BCUT2D eigenvalue weighted by molar-refractivity contribution is 0.0944. The number of fused-ring (bicyclic) bond motifs is 1. The van der Waals surface area contributed by atoms with Crippen molar-refractivity contribution in [2.45, 2.75) is 33.6 Å². The lowest BCUT2D eigenvalue weighted by atomic mass is 10.1. The third kappa shape index (κ3) is 3.43.